The molecule has 3 aromatic rings. The van der Waals surface area contributed by atoms with Gasteiger partial charge >= 0.3 is 5.97 Å². The molecule has 0 aliphatic heterocycles. The summed E-state index contributed by atoms with van der Waals surface area (Å²) in [5.74, 6) is 0.869. The van der Waals surface area contributed by atoms with Crippen LogP contribution in [-0.4, -0.2) is 13.1 Å². The van der Waals surface area contributed by atoms with Crippen molar-refractivity contribution in [3.63, 3.8) is 0 Å². The van der Waals surface area contributed by atoms with Crippen LogP contribution < -0.4 is 0 Å². The molecule has 0 aliphatic rings. The number of thioether (sulfide) groups is 1. The SMILES string of the molecule is COC(=O)c1ccoc1CSc1ccc2ccccc2c1. The molecule has 3 nitrogen and oxygen atoms in total. The van der Waals surface area contributed by atoms with Crippen LogP contribution in [0.5, 0.6) is 0 Å². The minimum Gasteiger partial charge on any atom is -0.468 e. The van der Waals surface area contributed by atoms with E-state index in [1.54, 1.807) is 17.8 Å². The Labute approximate surface area is 126 Å². The van der Waals surface area contributed by atoms with Crippen LogP contribution >= 0.6 is 11.8 Å². The Balaban J connectivity index is 1.77. The fraction of sp³-hybridized carbons (Fsp3) is 0.118. The standard InChI is InChI=1S/C17H14O3S/c1-19-17(18)15-8-9-20-16(15)11-21-14-7-6-12-4-2-3-5-13(12)10-14/h2-10H,11H2,1H3. The van der Waals surface area contributed by atoms with Crippen molar-refractivity contribution in [1.82, 2.24) is 0 Å². The number of furan rings is 1. The van der Waals surface area contributed by atoms with Gasteiger partial charge in [0.25, 0.3) is 0 Å². The van der Waals surface area contributed by atoms with Crippen molar-refractivity contribution < 1.29 is 13.9 Å². The molecule has 0 spiro atoms. The predicted octanol–water partition coefficient (Wildman–Crippen LogP) is 4.51. The second kappa shape index (κ2) is 6.06. The van der Waals surface area contributed by atoms with Gasteiger partial charge in [0.05, 0.1) is 19.1 Å². The lowest BCUT2D eigenvalue weighted by Crippen LogP contribution is -2.02. The van der Waals surface area contributed by atoms with Gasteiger partial charge in [0.2, 0.25) is 0 Å². The van der Waals surface area contributed by atoms with Crippen molar-refractivity contribution in [1.29, 1.82) is 0 Å². The van der Waals surface area contributed by atoms with E-state index in [-0.39, 0.29) is 5.97 Å². The second-order valence-electron chi connectivity index (χ2n) is 4.55. The molecule has 0 atom stereocenters. The van der Waals surface area contributed by atoms with Crippen molar-refractivity contribution >= 4 is 28.5 Å². The summed E-state index contributed by atoms with van der Waals surface area (Å²) in [7, 11) is 1.37. The molecule has 2 aromatic carbocycles. The van der Waals surface area contributed by atoms with Crippen LogP contribution in [0.15, 0.2) is 64.1 Å². The Morgan fingerprint density at radius 1 is 1.14 bits per heavy atom. The van der Waals surface area contributed by atoms with Gasteiger partial charge in [-0.2, -0.15) is 0 Å². The van der Waals surface area contributed by atoms with E-state index in [9.17, 15) is 4.79 Å². The average Bonchev–Trinajstić information content (AvgIpc) is 3.00. The largest absolute Gasteiger partial charge is 0.468 e. The first kappa shape index (κ1) is 13.8. The van der Waals surface area contributed by atoms with Crippen LogP contribution in [-0.2, 0) is 10.5 Å². The van der Waals surface area contributed by atoms with Crippen LogP contribution in [0.4, 0.5) is 0 Å². The molecule has 21 heavy (non-hydrogen) atoms. The van der Waals surface area contributed by atoms with E-state index in [1.165, 1.54) is 24.1 Å². The van der Waals surface area contributed by atoms with E-state index in [0.29, 0.717) is 17.1 Å². The fourth-order valence-electron chi connectivity index (χ4n) is 2.15. The van der Waals surface area contributed by atoms with E-state index in [4.69, 9.17) is 9.15 Å². The minimum absolute atomic E-state index is 0.363. The number of benzene rings is 2. The van der Waals surface area contributed by atoms with Gasteiger partial charge in [-0.05, 0) is 29.0 Å². The molecule has 4 heteroatoms. The summed E-state index contributed by atoms with van der Waals surface area (Å²) < 4.78 is 10.1. The molecule has 1 aromatic heterocycles. The first-order valence-electron chi connectivity index (χ1n) is 6.54. The van der Waals surface area contributed by atoms with Gasteiger partial charge in [0.1, 0.15) is 11.3 Å². The highest BCUT2D eigenvalue weighted by molar-refractivity contribution is 7.98. The van der Waals surface area contributed by atoms with Gasteiger partial charge in [-0.15, -0.1) is 11.8 Å². The Morgan fingerprint density at radius 3 is 2.76 bits per heavy atom. The van der Waals surface area contributed by atoms with Gasteiger partial charge in [-0.3, -0.25) is 0 Å². The molecule has 0 amide bonds. The van der Waals surface area contributed by atoms with Crippen molar-refractivity contribution in [2.75, 3.05) is 7.11 Å². The molecule has 1 heterocycles. The summed E-state index contributed by atoms with van der Waals surface area (Å²) in [6.45, 7) is 0. The smallest absolute Gasteiger partial charge is 0.341 e. The monoisotopic (exact) mass is 298 g/mol. The summed E-state index contributed by atoms with van der Waals surface area (Å²) >= 11 is 1.63. The molecule has 0 unspecified atom stereocenters. The first-order chi connectivity index (χ1) is 10.3. The number of esters is 1. The normalized spacial score (nSPS) is 10.7. The predicted molar refractivity (Wildman–Crippen MR) is 83.6 cm³/mol. The summed E-state index contributed by atoms with van der Waals surface area (Å²) in [5, 5.41) is 2.42. The number of carbonyl (C=O) groups excluding carboxylic acids is 1. The van der Waals surface area contributed by atoms with Crippen LogP contribution in [0, 0.1) is 0 Å². The lowest BCUT2D eigenvalue weighted by Gasteiger charge is -2.04. The van der Waals surface area contributed by atoms with E-state index in [2.05, 4.69) is 30.3 Å². The lowest BCUT2D eigenvalue weighted by molar-refractivity contribution is 0.0598. The number of rotatable bonds is 4. The third-order valence-electron chi connectivity index (χ3n) is 3.24. The molecule has 106 valence electrons. The van der Waals surface area contributed by atoms with E-state index in [1.807, 2.05) is 12.1 Å². The molecule has 3 rings (SSSR count). The highest BCUT2D eigenvalue weighted by atomic mass is 32.2. The number of fused-ring (bicyclic) bond motifs is 1. The van der Waals surface area contributed by atoms with Crippen LogP contribution in [0.3, 0.4) is 0 Å². The zero-order valence-electron chi connectivity index (χ0n) is 11.5. The van der Waals surface area contributed by atoms with Crippen molar-refractivity contribution in [2.24, 2.45) is 0 Å². The topological polar surface area (TPSA) is 39.4 Å². The maximum atomic E-state index is 11.6. The second-order valence-corrected chi connectivity index (χ2v) is 5.60. The minimum atomic E-state index is -0.363. The van der Waals surface area contributed by atoms with Crippen LogP contribution in [0.25, 0.3) is 10.8 Å². The van der Waals surface area contributed by atoms with Crippen LogP contribution in [0.1, 0.15) is 16.1 Å². The Morgan fingerprint density at radius 2 is 1.95 bits per heavy atom. The quantitative estimate of drug-likeness (QED) is 0.525. The van der Waals surface area contributed by atoms with Gasteiger partial charge < -0.3 is 9.15 Å². The third kappa shape index (κ3) is 2.95. The van der Waals surface area contributed by atoms with Crippen molar-refractivity contribution in [2.45, 2.75) is 10.6 Å². The van der Waals surface area contributed by atoms with E-state index >= 15 is 0 Å². The molecule has 0 radical (unpaired) electrons. The number of methoxy groups -OCH3 is 1. The first-order valence-corrected chi connectivity index (χ1v) is 7.53. The molecule has 0 N–H and O–H groups in total. The summed E-state index contributed by atoms with van der Waals surface area (Å²) in [4.78, 5) is 12.7. The van der Waals surface area contributed by atoms with Crippen molar-refractivity contribution in [3.05, 3.63) is 66.1 Å². The number of ether oxygens (including phenoxy) is 1. The molecule has 0 saturated carbocycles. The van der Waals surface area contributed by atoms with E-state index < -0.39 is 0 Å². The molecule has 0 saturated heterocycles. The Kier molecular flexibility index (Phi) is 3.97. The summed E-state index contributed by atoms with van der Waals surface area (Å²) in [5.41, 5.74) is 0.491. The van der Waals surface area contributed by atoms with Gasteiger partial charge in [0.15, 0.2) is 0 Å². The number of hydrogen-bond donors (Lipinski definition) is 0. The highest BCUT2D eigenvalue weighted by Gasteiger charge is 2.15. The third-order valence-corrected chi connectivity index (χ3v) is 4.24. The lowest BCUT2D eigenvalue weighted by atomic mass is 10.1. The maximum absolute atomic E-state index is 11.6. The zero-order chi connectivity index (χ0) is 14.7. The molecular formula is C17H14O3S. The van der Waals surface area contributed by atoms with Gasteiger partial charge in [-0.1, -0.05) is 30.3 Å². The van der Waals surface area contributed by atoms with Crippen LogP contribution in [0.2, 0.25) is 0 Å². The number of hydrogen-bond acceptors (Lipinski definition) is 4. The van der Waals surface area contributed by atoms with Gasteiger partial charge in [-0.25, -0.2) is 4.79 Å². The molecule has 0 bridgehead atoms. The molecule has 0 aliphatic carbocycles. The summed E-state index contributed by atoms with van der Waals surface area (Å²) in [6, 6.07) is 16.2. The summed E-state index contributed by atoms with van der Waals surface area (Å²) in [6.07, 6.45) is 1.52. The van der Waals surface area contributed by atoms with Crippen molar-refractivity contribution in [3.8, 4) is 0 Å². The Bertz CT molecular complexity index is 776. The van der Waals surface area contributed by atoms with E-state index in [0.717, 1.165) is 4.90 Å². The Hall–Kier alpha value is -2.20. The highest BCUT2D eigenvalue weighted by Crippen LogP contribution is 2.28. The zero-order valence-corrected chi connectivity index (χ0v) is 12.4. The maximum Gasteiger partial charge on any atom is 0.341 e. The molecule has 0 fully saturated rings. The average molecular weight is 298 g/mol. The fourth-order valence-corrected chi connectivity index (χ4v) is 3.05. The number of carbonyl (C=O) groups is 1. The van der Waals surface area contributed by atoms with Gasteiger partial charge in [0, 0.05) is 4.90 Å². The molecular weight excluding hydrogens is 284 g/mol.